The molecule has 0 radical (unpaired) electrons. The second kappa shape index (κ2) is 6.72. The number of aryl methyl sites for hydroxylation is 1. The molecular formula is C16H28N4. The summed E-state index contributed by atoms with van der Waals surface area (Å²) in [5.74, 6) is 0.911. The van der Waals surface area contributed by atoms with E-state index in [1.54, 1.807) is 0 Å². The van der Waals surface area contributed by atoms with Gasteiger partial charge in [0.1, 0.15) is 0 Å². The molecule has 0 amide bonds. The molecule has 1 aromatic heterocycles. The quantitative estimate of drug-likeness (QED) is 0.895. The van der Waals surface area contributed by atoms with Crippen molar-refractivity contribution in [2.24, 2.45) is 5.92 Å². The first-order chi connectivity index (χ1) is 9.86. The monoisotopic (exact) mass is 276 g/mol. The van der Waals surface area contributed by atoms with Crippen LogP contribution in [0.25, 0.3) is 0 Å². The zero-order valence-corrected chi connectivity index (χ0v) is 12.7. The molecule has 0 aliphatic carbocycles. The molecule has 0 bridgehead atoms. The number of hydrogen-bond donors (Lipinski definition) is 1. The molecular weight excluding hydrogens is 248 g/mol. The molecule has 1 unspecified atom stereocenters. The van der Waals surface area contributed by atoms with Crippen LogP contribution < -0.4 is 5.32 Å². The third-order valence-electron chi connectivity index (χ3n) is 4.95. The lowest BCUT2D eigenvalue weighted by molar-refractivity contribution is 0.154. The van der Waals surface area contributed by atoms with E-state index in [9.17, 15) is 0 Å². The summed E-state index contributed by atoms with van der Waals surface area (Å²) >= 11 is 0. The molecule has 1 N–H and O–H groups in total. The minimum Gasteiger partial charge on any atom is -0.333 e. The maximum atomic E-state index is 4.31. The van der Waals surface area contributed by atoms with Gasteiger partial charge in [-0.2, -0.15) is 0 Å². The van der Waals surface area contributed by atoms with Crippen LogP contribution in [0.5, 0.6) is 0 Å². The van der Waals surface area contributed by atoms with Crippen LogP contribution in [0.15, 0.2) is 12.5 Å². The number of likely N-dealkylation sites (tertiary alicyclic amines) is 1. The second-order valence-electron chi connectivity index (χ2n) is 6.39. The molecule has 0 saturated carbocycles. The lowest BCUT2D eigenvalue weighted by Gasteiger charge is -2.34. The van der Waals surface area contributed by atoms with E-state index < -0.39 is 0 Å². The zero-order chi connectivity index (χ0) is 13.8. The van der Waals surface area contributed by atoms with Crippen LogP contribution in [0, 0.1) is 5.92 Å². The van der Waals surface area contributed by atoms with Crippen molar-refractivity contribution in [2.75, 3.05) is 19.6 Å². The van der Waals surface area contributed by atoms with Crippen LogP contribution in [0.1, 0.15) is 44.7 Å². The van der Waals surface area contributed by atoms with Crippen molar-refractivity contribution >= 4 is 0 Å². The molecule has 2 saturated heterocycles. The van der Waals surface area contributed by atoms with Gasteiger partial charge < -0.3 is 9.88 Å². The van der Waals surface area contributed by atoms with E-state index in [1.165, 1.54) is 57.4 Å². The maximum absolute atomic E-state index is 4.31. The smallest absolute Gasteiger partial charge is 0.0948 e. The SMILES string of the molecule is CCCn1cncc1CN1CCC(C2CCCN2)CC1. The average molecular weight is 276 g/mol. The first kappa shape index (κ1) is 14.1. The van der Waals surface area contributed by atoms with Gasteiger partial charge in [0, 0.05) is 25.3 Å². The van der Waals surface area contributed by atoms with E-state index in [-0.39, 0.29) is 0 Å². The number of aromatic nitrogens is 2. The lowest BCUT2D eigenvalue weighted by atomic mass is 9.88. The van der Waals surface area contributed by atoms with E-state index in [2.05, 4.69) is 26.7 Å². The molecule has 1 aromatic rings. The molecule has 4 heteroatoms. The van der Waals surface area contributed by atoms with E-state index >= 15 is 0 Å². The van der Waals surface area contributed by atoms with E-state index in [1.807, 2.05) is 12.5 Å². The minimum atomic E-state index is 0.808. The molecule has 112 valence electrons. The minimum absolute atomic E-state index is 0.808. The van der Waals surface area contributed by atoms with Gasteiger partial charge in [0.25, 0.3) is 0 Å². The van der Waals surface area contributed by atoms with Gasteiger partial charge in [-0.15, -0.1) is 0 Å². The third kappa shape index (κ3) is 3.23. The Morgan fingerprint density at radius 3 is 2.85 bits per heavy atom. The van der Waals surface area contributed by atoms with Crippen molar-refractivity contribution in [1.82, 2.24) is 19.8 Å². The van der Waals surface area contributed by atoms with Crippen LogP contribution >= 0.6 is 0 Å². The summed E-state index contributed by atoms with van der Waals surface area (Å²) in [5, 5.41) is 3.68. The summed E-state index contributed by atoms with van der Waals surface area (Å²) in [5.41, 5.74) is 1.38. The highest BCUT2D eigenvalue weighted by atomic mass is 15.2. The molecule has 1 atom stereocenters. The fourth-order valence-electron chi connectivity index (χ4n) is 3.78. The number of imidazole rings is 1. The predicted molar refractivity (Wildman–Crippen MR) is 81.5 cm³/mol. The van der Waals surface area contributed by atoms with Gasteiger partial charge >= 0.3 is 0 Å². The van der Waals surface area contributed by atoms with Crippen LogP contribution in [0.2, 0.25) is 0 Å². The van der Waals surface area contributed by atoms with Gasteiger partial charge in [0.2, 0.25) is 0 Å². The van der Waals surface area contributed by atoms with Crippen molar-refractivity contribution in [1.29, 1.82) is 0 Å². The predicted octanol–water partition coefficient (Wildman–Crippen LogP) is 2.26. The zero-order valence-electron chi connectivity index (χ0n) is 12.7. The third-order valence-corrected chi connectivity index (χ3v) is 4.95. The number of nitrogens with zero attached hydrogens (tertiary/aromatic N) is 3. The summed E-state index contributed by atoms with van der Waals surface area (Å²) in [4.78, 5) is 6.92. The lowest BCUT2D eigenvalue weighted by Crippen LogP contribution is -2.40. The molecule has 0 spiro atoms. The fraction of sp³-hybridized carbons (Fsp3) is 0.812. The van der Waals surface area contributed by atoms with Crippen molar-refractivity contribution < 1.29 is 0 Å². The first-order valence-corrected chi connectivity index (χ1v) is 8.31. The van der Waals surface area contributed by atoms with Crippen molar-refractivity contribution in [3.8, 4) is 0 Å². The summed E-state index contributed by atoms with van der Waals surface area (Å²) < 4.78 is 2.31. The highest BCUT2D eigenvalue weighted by Crippen LogP contribution is 2.26. The first-order valence-electron chi connectivity index (χ1n) is 8.31. The molecule has 2 aliphatic heterocycles. The molecule has 2 fully saturated rings. The van der Waals surface area contributed by atoms with Crippen molar-refractivity contribution in [3.63, 3.8) is 0 Å². The highest BCUT2D eigenvalue weighted by Gasteiger charge is 2.28. The van der Waals surface area contributed by atoms with Gasteiger partial charge in [-0.05, 0) is 57.7 Å². The second-order valence-corrected chi connectivity index (χ2v) is 6.39. The maximum Gasteiger partial charge on any atom is 0.0948 e. The van der Waals surface area contributed by atoms with Crippen molar-refractivity contribution in [3.05, 3.63) is 18.2 Å². The van der Waals surface area contributed by atoms with Crippen LogP contribution in [-0.4, -0.2) is 40.1 Å². The van der Waals surface area contributed by atoms with E-state index in [0.717, 1.165) is 25.0 Å². The molecule has 3 rings (SSSR count). The molecule has 4 nitrogen and oxygen atoms in total. The number of hydrogen-bond acceptors (Lipinski definition) is 3. The molecule has 0 aromatic carbocycles. The summed E-state index contributed by atoms with van der Waals surface area (Å²) in [6, 6.07) is 0.808. The Labute approximate surface area is 122 Å². The Kier molecular flexibility index (Phi) is 4.73. The Hall–Kier alpha value is -0.870. The van der Waals surface area contributed by atoms with Crippen LogP contribution in [0.3, 0.4) is 0 Å². The standard InChI is InChI=1S/C16H28N4/c1-2-8-20-13-17-11-15(20)12-19-9-5-14(6-10-19)16-4-3-7-18-16/h11,13-14,16,18H,2-10,12H2,1H3. The van der Waals surface area contributed by atoms with Gasteiger partial charge in [-0.25, -0.2) is 4.98 Å². The van der Waals surface area contributed by atoms with Crippen molar-refractivity contribution in [2.45, 2.75) is 58.2 Å². The Morgan fingerprint density at radius 1 is 1.30 bits per heavy atom. The summed E-state index contributed by atoms with van der Waals surface area (Å²) in [6.45, 7) is 8.13. The average Bonchev–Trinajstić information content (AvgIpc) is 3.13. The van der Waals surface area contributed by atoms with Gasteiger partial charge in [-0.3, -0.25) is 4.90 Å². The van der Waals surface area contributed by atoms with Gasteiger partial charge in [-0.1, -0.05) is 6.92 Å². The summed E-state index contributed by atoms with van der Waals surface area (Å²) in [6.07, 6.45) is 10.7. The van der Waals surface area contributed by atoms with Gasteiger partial charge in [0.15, 0.2) is 0 Å². The van der Waals surface area contributed by atoms with Crippen LogP contribution in [0.4, 0.5) is 0 Å². The Morgan fingerprint density at radius 2 is 2.15 bits per heavy atom. The van der Waals surface area contributed by atoms with E-state index in [0.29, 0.717) is 0 Å². The highest BCUT2D eigenvalue weighted by molar-refractivity contribution is 4.99. The Balaban J connectivity index is 1.49. The normalized spacial score (nSPS) is 25.4. The van der Waals surface area contributed by atoms with E-state index in [4.69, 9.17) is 0 Å². The molecule has 3 heterocycles. The van der Waals surface area contributed by atoms with Gasteiger partial charge in [0.05, 0.1) is 12.0 Å². The number of nitrogens with one attached hydrogen (secondary N) is 1. The Bertz CT molecular complexity index is 400. The fourth-order valence-corrected chi connectivity index (χ4v) is 3.78. The summed E-state index contributed by atoms with van der Waals surface area (Å²) in [7, 11) is 0. The van der Waals surface area contributed by atoms with Crippen LogP contribution in [-0.2, 0) is 13.1 Å². The topological polar surface area (TPSA) is 33.1 Å². The number of piperidine rings is 1. The largest absolute Gasteiger partial charge is 0.333 e. The molecule has 2 aliphatic rings. The number of rotatable bonds is 5. The molecule has 20 heavy (non-hydrogen) atoms.